The summed E-state index contributed by atoms with van der Waals surface area (Å²) >= 11 is 0. The number of hydrogen-bond acceptors (Lipinski definition) is 7. The molecule has 2 N–H and O–H groups in total. The van der Waals surface area contributed by atoms with E-state index in [1.165, 1.54) is 13.1 Å². The highest BCUT2D eigenvalue weighted by Gasteiger charge is 2.42. The summed E-state index contributed by atoms with van der Waals surface area (Å²) < 4.78 is 0. The van der Waals surface area contributed by atoms with Crippen LogP contribution in [0.1, 0.15) is 28.9 Å². The molecule has 2 aliphatic heterocycles. The minimum absolute atomic E-state index is 0.106. The number of imide groups is 1. The predicted octanol–water partition coefficient (Wildman–Crippen LogP) is 2.54. The molecule has 0 bridgehead atoms. The van der Waals surface area contributed by atoms with E-state index in [0.29, 0.717) is 30.7 Å². The number of benzene rings is 1. The lowest BCUT2D eigenvalue weighted by Crippen LogP contribution is -2.48. The minimum Gasteiger partial charge on any atom is -0.507 e. The summed E-state index contributed by atoms with van der Waals surface area (Å²) in [5.74, 6) is -1.11. The zero-order valence-electron chi connectivity index (χ0n) is 20.4. The van der Waals surface area contributed by atoms with Gasteiger partial charge in [-0.2, -0.15) is 0 Å². The van der Waals surface area contributed by atoms with Gasteiger partial charge in [-0.1, -0.05) is 24.3 Å². The molecule has 0 radical (unpaired) electrons. The second-order valence-corrected chi connectivity index (χ2v) is 9.16. The molecule has 3 amide bonds. The van der Waals surface area contributed by atoms with Gasteiger partial charge in [0.25, 0.3) is 17.7 Å². The Kier molecular flexibility index (Phi) is 6.68. The van der Waals surface area contributed by atoms with Gasteiger partial charge in [0.2, 0.25) is 0 Å². The number of likely N-dealkylation sites (N-methyl/N-ethyl adjacent to an activating group) is 1. The number of nitrogens with zero attached hydrogens (tertiary/aromatic N) is 4. The van der Waals surface area contributed by atoms with Crippen LogP contribution in [0.2, 0.25) is 0 Å². The number of pyridine rings is 2. The highest BCUT2D eigenvalue weighted by Crippen LogP contribution is 2.32. The molecule has 0 saturated carbocycles. The van der Waals surface area contributed by atoms with Crippen LogP contribution in [0.15, 0.2) is 78.4 Å². The SMILES string of the molecule is CN1C(=O)C2=C(C1=O)N(C(CNC(=O)c1ccccc1O)Cc1ccc(-c3cccnc3)cn1)CCC2. The second-order valence-electron chi connectivity index (χ2n) is 9.16. The smallest absolute Gasteiger partial charge is 0.277 e. The number of hydrogen-bond donors (Lipinski definition) is 2. The number of rotatable bonds is 7. The van der Waals surface area contributed by atoms with Crippen molar-refractivity contribution in [2.24, 2.45) is 0 Å². The van der Waals surface area contributed by atoms with Gasteiger partial charge >= 0.3 is 0 Å². The molecule has 1 aromatic carbocycles. The van der Waals surface area contributed by atoms with Gasteiger partial charge in [-0.05, 0) is 37.1 Å². The van der Waals surface area contributed by atoms with Crippen LogP contribution in [-0.2, 0) is 16.0 Å². The van der Waals surface area contributed by atoms with E-state index in [2.05, 4.69) is 15.3 Å². The van der Waals surface area contributed by atoms with Gasteiger partial charge in [-0.3, -0.25) is 29.3 Å². The molecule has 0 spiro atoms. The summed E-state index contributed by atoms with van der Waals surface area (Å²) in [6.07, 6.45) is 6.99. The van der Waals surface area contributed by atoms with Crippen LogP contribution < -0.4 is 5.32 Å². The first-order chi connectivity index (χ1) is 17.9. The van der Waals surface area contributed by atoms with Crippen molar-refractivity contribution in [1.29, 1.82) is 0 Å². The van der Waals surface area contributed by atoms with Crippen LogP contribution in [0.25, 0.3) is 11.1 Å². The number of phenolic OH excluding ortho intramolecular Hbond substituents is 1. The van der Waals surface area contributed by atoms with Gasteiger partial charge in [-0.15, -0.1) is 0 Å². The number of aromatic hydroxyl groups is 1. The highest BCUT2D eigenvalue weighted by molar-refractivity contribution is 6.19. The number of amides is 3. The maximum atomic E-state index is 13.0. The number of nitrogens with one attached hydrogen (secondary N) is 1. The Bertz CT molecular complexity index is 1370. The van der Waals surface area contributed by atoms with Crippen LogP contribution in [0.3, 0.4) is 0 Å². The average Bonchev–Trinajstić information content (AvgIpc) is 3.16. The molecule has 5 rings (SSSR count). The first-order valence-corrected chi connectivity index (χ1v) is 12.2. The van der Waals surface area contributed by atoms with Crippen LogP contribution in [0.5, 0.6) is 5.75 Å². The van der Waals surface area contributed by atoms with Crippen molar-refractivity contribution in [2.45, 2.75) is 25.3 Å². The molecule has 1 unspecified atom stereocenters. The zero-order chi connectivity index (χ0) is 25.9. The number of carbonyl (C=O) groups is 3. The van der Waals surface area contributed by atoms with E-state index in [1.807, 2.05) is 29.2 Å². The predicted molar refractivity (Wildman–Crippen MR) is 136 cm³/mol. The Morgan fingerprint density at radius 2 is 1.86 bits per heavy atom. The van der Waals surface area contributed by atoms with Crippen LogP contribution >= 0.6 is 0 Å². The number of phenols is 1. The fourth-order valence-electron chi connectivity index (χ4n) is 4.86. The van der Waals surface area contributed by atoms with Crippen LogP contribution in [0, 0.1) is 0 Å². The van der Waals surface area contributed by atoms with Gasteiger partial charge in [0.15, 0.2) is 0 Å². The fourth-order valence-corrected chi connectivity index (χ4v) is 4.86. The molecule has 188 valence electrons. The van der Waals surface area contributed by atoms with E-state index in [-0.39, 0.29) is 35.7 Å². The van der Waals surface area contributed by atoms with Crippen molar-refractivity contribution in [2.75, 3.05) is 20.1 Å². The number of para-hydroxylation sites is 1. The van der Waals surface area contributed by atoms with E-state index in [1.54, 1.807) is 36.8 Å². The van der Waals surface area contributed by atoms with Gasteiger partial charge in [0, 0.05) is 67.5 Å². The fraction of sp³-hybridized carbons (Fsp3) is 0.250. The van der Waals surface area contributed by atoms with Crippen molar-refractivity contribution in [1.82, 2.24) is 25.1 Å². The van der Waals surface area contributed by atoms with Gasteiger partial charge in [0.1, 0.15) is 11.4 Å². The Hall–Kier alpha value is -4.53. The summed E-state index contributed by atoms with van der Waals surface area (Å²) in [5.41, 5.74) is 3.78. The van der Waals surface area contributed by atoms with Gasteiger partial charge in [-0.25, -0.2) is 0 Å². The van der Waals surface area contributed by atoms with E-state index in [4.69, 9.17) is 0 Å². The first kappa shape index (κ1) is 24.2. The maximum Gasteiger partial charge on any atom is 0.277 e. The van der Waals surface area contributed by atoms with Crippen molar-refractivity contribution >= 4 is 17.7 Å². The minimum atomic E-state index is -0.417. The molecule has 2 aromatic heterocycles. The molecular weight excluding hydrogens is 470 g/mol. The molecule has 0 saturated heterocycles. The Morgan fingerprint density at radius 1 is 1.05 bits per heavy atom. The van der Waals surface area contributed by atoms with E-state index >= 15 is 0 Å². The standard InChI is InChI=1S/C28H27N5O4/c1-32-27(36)23-8-5-13-33(25(23)28(32)37)21(17-31-26(35)22-7-2-3-9-24(22)34)14-20-11-10-19(16-30-20)18-6-4-12-29-15-18/h2-4,6-7,9-12,15-16,21,34H,5,8,13-14,17H2,1H3,(H,31,35). The molecule has 9 heteroatoms. The Morgan fingerprint density at radius 3 is 2.59 bits per heavy atom. The summed E-state index contributed by atoms with van der Waals surface area (Å²) in [6.45, 7) is 0.776. The molecule has 0 fully saturated rings. The third-order valence-corrected chi connectivity index (χ3v) is 6.82. The van der Waals surface area contributed by atoms with Gasteiger partial charge < -0.3 is 15.3 Å². The molecule has 0 aliphatic carbocycles. The van der Waals surface area contributed by atoms with Crippen molar-refractivity contribution in [3.05, 3.63) is 89.6 Å². The third-order valence-electron chi connectivity index (χ3n) is 6.82. The van der Waals surface area contributed by atoms with E-state index in [9.17, 15) is 19.5 Å². The lowest BCUT2D eigenvalue weighted by molar-refractivity contribution is -0.136. The van der Waals surface area contributed by atoms with E-state index in [0.717, 1.165) is 28.1 Å². The largest absolute Gasteiger partial charge is 0.507 e. The lowest BCUT2D eigenvalue weighted by Gasteiger charge is -2.36. The maximum absolute atomic E-state index is 13.0. The first-order valence-electron chi connectivity index (χ1n) is 12.2. The monoisotopic (exact) mass is 497 g/mol. The summed E-state index contributed by atoms with van der Waals surface area (Å²) in [4.78, 5) is 50.4. The Labute approximate surface area is 214 Å². The topological polar surface area (TPSA) is 116 Å². The molecule has 37 heavy (non-hydrogen) atoms. The van der Waals surface area contributed by atoms with Crippen molar-refractivity contribution in [3.8, 4) is 16.9 Å². The number of carbonyl (C=O) groups excluding carboxylic acids is 3. The molecule has 3 aromatic rings. The molecule has 9 nitrogen and oxygen atoms in total. The molecule has 2 aliphatic rings. The number of aromatic nitrogens is 2. The molecular formula is C28H27N5O4. The van der Waals surface area contributed by atoms with Crippen molar-refractivity contribution < 1.29 is 19.5 Å². The molecule has 1 atom stereocenters. The van der Waals surface area contributed by atoms with Crippen molar-refractivity contribution in [3.63, 3.8) is 0 Å². The summed E-state index contributed by atoms with van der Waals surface area (Å²) in [5, 5.41) is 13.0. The molecule has 4 heterocycles. The van der Waals surface area contributed by atoms with Crippen LogP contribution in [-0.4, -0.2) is 68.8 Å². The zero-order valence-corrected chi connectivity index (χ0v) is 20.4. The third kappa shape index (κ3) is 4.80. The Balaban J connectivity index is 1.41. The normalized spacial score (nSPS) is 16.1. The quantitative estimate of drug-likeness (QED) is 0.482. The van der Waals surface area contributed by atoms with Crippen LogP contribution in [0.4, 0.5) is 0 Å². The summed E-state index contributed by atoms with van der Waals surface area (Å²) in [6, 6.07) is 13.7. The summed E-state index contributed by atoms with van der Waals surface area (Å²) in [7, 11) is 1.49. The second kappa shape index (κ2) is 10.2. The average molecular weight is 498 g/mol. The highest BCUT2D eigenvalue weighted by atomic mass is 16.3. The van der Waals surface area contributed by atoms with E-state index < -0.39 is 5.91 Å². The lowest BCUT2D eigenvalue weighted by atomic mass is 9.99. The van der Waals surface area contributed by atoms with Gasteiger partial charge in [0.05, 0.1) is 11.6 Å².